The van der Waals surface area contributed by atoms with E-state index in [1.165, 1.54) is 6.07 Å². The Hall–Kier alpha value is -7.27. The number of benzene rings is 5. The molecule has 7 rings (SSSR count). The highest BCUT2D eigenvalue weighted by atomic mass is 16.6. The number of carbonyl (C=O) groups is 1. The van der Waals surface area contributed by atoms with Crippen molar-refractivity contribution in [2.75, 3.05) is 0 Å². The number of ether oxygens (including phenoxy) is 3. The van der Waals surface area contributed by atoms with Gasteiger partial charge >= 0.3 is 5.97 Å². The van der Waals surface area contributed by atoms with Gasteiger partial charge in [-0.3, -0.25) is 0 Å². The van der Waals surface area contributed by atoms with E-state index in [1.54, 1.807) is 0 Å². The third-order valence-corrected chi connectivity index (χ3v) is 9.31. The van der Waals surface area contributed by atoms with Crippen LogP contribution in [0.3, 0.4) is 0 Å². The predicted molar refractivity (Wildman–Crippen MR) is 180 cm³/mol. The maximum atomic E-state index is 13.4. The van der Waals surface area contributed by atoms with Crippen LogP contribution in [0, 0.1) is 0 Å². The van der Waals surface area contributed by atoms with Crippen LogP contribution in [0.1, 0.15) is 56.3 Å². The van der Waals surface area contributed by atoms with Crippen molar-refractivity contribution in [1.29, 1.82) is 0 Å². The lowest BCUT2D eigenvalue weighted by atomic mass is 9.77. The zero-order valence-electron chi connectivity index (χ0n) is 27.3. The van der Waals surface area contributed by atoms with Crippen molar-refractivity contribution in [1.82, 2.24) is 0 Å². The van der Waals surface area contributed by atoms with E-state index in [-0.39, 0.29) is 39.3 Å². The molecule has 0 amide bonds. The Labute approximate surface area is 302 Å². The van der Waals surface area contributed by atoms with Crippen LogP contribution in [-0.2, 0) is 11.2 Å². The first kappa shape index (κ1) is 35.1. The normalized spacial score (nSPS) is 20.2. The SMILES string of the molecule is O=C(O[C@@H]1Cc2c(O)cc(O)c([C@@H]3c4c(O)cc(O)cc4O[C@H](c4cc(O)c(O)c(O)c4)[C@@H]3O)c2O[C@@H]1c1ccc(O)c(O)c1)c1cc(O)c(O)c(O)c1. The first-order chi connectivity index (χ1) is 25.5. The number of aromatic hydroxyl groups is 12. The quantitative estimate of drug-likeness (QED) is 0.0901. The Bertz CT molecular complexity index is 2310. The molecule has 5 atom stereocenters. The fraction of sp³-hybridized carbons (Fsp3) is 0.162. The Morgan fingerprint density at radius 1 is 0.574 bits per heavy atom. The third-order valence-electron chi connectivity index (χ3n) is 9.31. The fourth-order valence-corrected chi connectivity index (χ4v) is 6.79. The van der Waals surface area contributed by atoms with Gasteiger partial charge in [-0.15, -0.1) is 0 Å². The number of carbonyl (C=O) groups excluding carboxylic acids is 1. The van der Waals surface area contributed by atoms with Gasteiger partial charge in [-0.1, -0.05) is 6.07 Å². The summed E-state index contributed by atoms with van der Waals surface area (Å²) in [6.45, 7) is 0. The minimum atomic E-state index is -1.83. The van der Waals surface area contributed by atoms with Crippen LogP contribution in [0.25, 0.3) is 0 Å². The molecule has 280 valence electrons. The lowest BCUT2D eigenvalue weighted by Gasteiger charge is -2.40. The van der Waals surface area contributed by atoms with Crippen molar-refractivity contribution in [3.63, 3.8) is 0 Å². The lowest BCUT2D eigenvalue weighted by Crippen LogP contribution is -2.38. The molecular weight excluding hydrogens is 716 g/mol. The van der Waals surface area contributed by atoms with Gasteiger partial charge in [0.1, 0.15) is 46.7 Å². The van der Waals surface area contributed by atoms with Crippen molar-refractivity contribution in [2.24, 2.45) is 0 Å². The van der Waals surface area contributed by atoms with Gasteiger partial charge in [-0.2, -0.15) is 0 Å². The van der Waals surface area contributed by atoms with Crippen LogP contribution in [0.5, 0.6) is 80.5 Å². The molecule has 0 bridgehead atoms. The maximum Gasteiger partial charge on any atom is 0.338 e. The van der Waals surface area contributed by atoms with E-state index in [0.717, 1.165) is 54.6 Å². The number of hydrogen-bond acceptors (Lipinski definition) is 17. The van der Waals surface area contributed by atoms with E-state index in [1.807, 2.05) is 0 Å². The predicted octanol–water partition coefficient (Wildman–Crippen LogP) is 3.68. The van der Waals surface area contributed by atoms with Crippen molar-refractivity contribution in [3.05, 3.63) is 94.0 Å². The molecular formula is C37H30O17. The number of phenols is 12. The average Bonchev–Trinajstić information content (AvgIpc) is 3.10. The Morgan fingerprint density at radius 3 is 1.80 bits per heavy atom. The van der Waals surface area contributed by atoms with Crippen molar-refractivity contribution in [3.8, 4) is 80.5 Å². The van der Waals surface area contributed by atoms with Crippen LogP contribution >= 0.6 is 0 Å². The second-order valence-corrected chi connectivity index (χ2v) is 12.7. The zero-order chi connectivity index (χ0) is 38.9. The van der Waals surface area contributed by atoms with Crippen LogP contribution in [0.4, 0.5) is 0 Å². The number of aliphatic hydroxyl groups is 1. The van der Waals surface area contributed by atoms with E-state index in [2.05, 4.69) is 0 Å². The lowest BCUT2D eigenvalue weighted by molar-refractivity contribution is -0.0210. The zero-order valence-corrected chi connectivity index (χ0v) is 27.3. The maximum absolute atomic E-state index is 13.4. The number of esters is 1. The monoisotopic (exact) mass is 746 g/mol. The Morgan fingerprint density at radius 2 is 1.17 bits per heavy atom. The molecule has 2 aliphatic rings. The second-order valence-electron chi connectivity index (χ2n) is 12.7. The third kappa shape index (κ3) is 5.77. The highest BCUT2D eigenvalue weighted by Gasteiger charge is 2.47. The molecule has 0 aromatic heterocycles. The first-order valence-electron chi connectivity index (χ1n) is 15.9. The summed E-state index contributed by atoms with van der Waals surface area (Å²) in [4.78, 5) is 13.4. The van der Waals surface area contributed by atoms with E-state index < -0.39 is 117 Å². The van der Waals surface area contributed by atoms with Gasteiger partial charge < -0.3 is 80.6 Å². The van der Waals surface area contributed by atoms with Crippen molar-refractivity contribution < 1.29 is 85.4 Å². The number of hydrogen-bond donors (Lipinski definition) is 13. The summed E-state index contributed by atoms with van der Waals surface area (Å²) in [6.07, 6.45) is -6.60. The highest BCUT2D eigenvalue weighted by molar-refractivity contribution is 5.91. The standard InChI is InChI=1S/C37H30O17/c38-15-8-20(42)28-26(9-15)52-35(13-4-22(44)31(48)23(45)5-13)33(50)30(28)29-21(43)11-18(40)16-10-27(53-37(51)14-6-24(46)32(49)25(47)7-14)34(54-36(16)29)12-1-2-17(39)19(41)3-12/h1-9,11,27,30,33-35,38-50H,10H2/t27-,30+,33-,34-,35-/m1/s1. The van der Waals surface area contributed by atoms with Gasteiger partial charge in [0.05, 0.1) is 11.5 Å². The molecule has 0 saturated carbocycles. The average molecular weight is 747 g/mol. The molecule has 0 fully saturated rings. The molecule has 5 aromatic rings. The minimum absolute atomic E-state index is 0.0764. The number of fused-ring (bicyclic) bond motifs is 2. The molecule has 5 aromatic carbocycles. The van der Waals surface area contributed by atoms with Crippen LogP contribution in [-0.4, -0.2) is 84.6 Å². The molecule has 54 heavy (non-hydrogen) atoms. The Balaban J connectivity index is 1.40. The summed E-state index contributed by atoms with van der Waals surface area (Å²) in [7, 11) is 0. The molecule has 13 N–H and O–H groups in total. The Kier molecular flexibility index (Phi) is 8.29. The molecule has 17 heteroatoms. The molecule has 17 nitrogen and oxygen atoms in total. The van der Waals surface area contributed by atoms with E-state index in [4.69, 9.17) is 14.2 Å². The summed E-state index contributed by atoms with van der Waals surface area (Å²) >= 11 is 0. The molecule has 0 radical (unpaired) electrons. The first-order valence-corrected chi connectivity index (χ1v) is 15.9. The summed E-state index contributed by atoms with van der Waals surface area (Å²) in [6, 6.07) is 10.0. The van der Waals surface area contributed by atoms with Gasteiger partial charge in [-0.25, -0.2) is 4.79 Å². The molecule has 0 saturated heterocycles. The molecule has 0 unspecified atom stereocenters. The van der Waals surface area contributed by atoms with Crippen LogP contribution in [0.2, 0.25) is 0 Å². The van der Waals surface area contributed by atoms with E-state index in [9.17, 15) is 71.2 Å². The van der Waals surface area contributed by atoms with Gasteiger partial charge in [0.2, 0.25) is 0 Å². The fourth-order valence-electron chi connectivity index (χ4n) is 6.79. The molecule has 2 aliphatic heterocycles. The van der Waals surface area contributed by atoms with Gasteiger partial charge in [-0.05, 0) is 36.4 Å². The summed E-state index contributed by atoms with van der Waals surface area (Å²) in [5.41, 5.74) is -0.995. The number of rotatable bonds is 5. The molecule has 0 spiro atoms. The van der Waals surface area contributed by atoms with E-state index in [0.29, 0.717) is 0 Å². The molecule has 0 aliphatic carbocycles. The van der Waals surface area contributed by atoms with Gasteiger partial charge in [0.15, 0.2) is 58.2 Å². The topological polar surface area (TPSA) is 308 Å². The number of phenolic OH excluding ortho intramolecular Hbond substituents is 12. The van der Waals surface area contributed by atoms with Gasteiger partial charge in [0.25, 0.3) is 0 Å². The second kappa shape index (κ2) is 12.7. The minimum Gasteiger partial charge on any atom is -0.508 e. The highest BCUT2D eigenvalue weighted by Crippen LogP contribution is 2.58. The van der Waals surface area contributed by atoms with Crippen molar-refractivity contribution in [2.45, 2.75) is 36.8 Å². The summed E-state index contributed by atoms with van der Waals surface area (Å²) in [5.74, 6) is -11.7. The van der Waals surface area contributed by atoms with Gasteiger partial charge in [0, 0.05) is 52.4 Å². The van der Waals surface area contributed by atoms with E-state index >= 15 is 0 Å². The summed E-state index contributed by atoms with van der Waals surface area (Å²) < 4.78 is 18.0. The van der Waals surface area contributed by atoms with Crippen LogP contribution < -0.4 is 9.47 Å². The number of aliphatic hydroxyl groups excluding tert-OH is 1. The van der Waals surface area contributed by atoms with Crippen molar-refractivity contribution >= 4 is 5.97 Å². The van der Waals surface area contributed by atoms with Crippen LogP contribution in [0.15, 0.2) is 60.7 Å². The summed E-state index contributed by atoms with van der Waals surface area (Å²) in [5, 5.41) is 137. The smallest absolute Gasteiger partial charge is 0.338 e. The molecule has 2 heterocycles. The largest absolute Gasteiger partial charge is 0.508 e.